The van der Waals surface area contributed by atoms with Gasteiger partial charge in [-0.15, -0.1) is 0 Å². The molecule has 1 heterocycles. The van der Waals surface area contributed by atoms with Gasteiger partial charge in [-0.3, -0.25) is 14.5 Å². The Hall–Kier alpha value is -1.99. The summed E-state index contributed by atoms with van der Waals surface area (Å²) in [6.45, 7) is 2.92. The molecular formula is C18H26FN3O3. The van der Waals surface area contributed by atoms with Crippen LogP contribution < -0.4 is 10.6 Å². The van der Waals surface area contributed by atoms with Crippen molar-refractivity contribution in [1.29, 1.82) is 0 Å². The van der Waals surface area contributed by atoms with Crippen molar-refractivity contribution in [3.63, 3.8) is 0 Å². The zero-order chi connectivity index (χ0) is 18.1. The van der Waals surface area contributed by atoms with Gasteiger partial charge < -0.3 is 15.4 Å². The number of benzene rings is 1. The van der Waals surface area contributed by atoms with Gasteiger partial charge in [0.2, 0.25) is 11.8 Å². The average Bonchev–Trinajstić information content (AvgIpc) is 2.59. The maximum absolute atomic E-state index is 13.1. The van der Waals surface area contributed by atoms with Crippen molar-refractivity contribution in [2.45, 2.75) is 19.3 Å². The molecule has 2 N–H and O–H groups in total. The normalized spacial score (nSPS) is 15.8. The topological polar surface area (TPSA) is 70.7 Å². The second-order valence-electron chi connectivity index (χ2n) is 6.25. The highest BCUT2D eigenvalue weighted by Gasteiger charge is 2.25. The second kappa shape index (κ2) is 10.1. The highest BCUT2D eigenvalue weighted by atomic mass is 19.1. The molecule has 6 nitrogen and oxygen atoms in total. The first-order valence-corrected chi connectivity index (χ1v) is 8.63. The summed E-state index contributed by atoms with van der Waals surface area (Å²) in [6.07, 6.45) is 2.29. The van der Waals surface area contributed by atoms with E-state index in [0.29, 0.717) is 31.9 Å². The Labute approximate surface area is 147 Å². The fourth-order valence-electron chi connectivity index (χ4n) is 2.90. The fourth-order valence-corrected chi connectivity index (χ4v) is 2.90. The van der Waals surface area contributed by atoms with Crippen molar-refractivity contribution in [3.8, 4) is 0 Å². The number of carbonyl (C=O) groups excluding carboxylic acids is 2. The summed E-state index contributed by atoms with van der Waals surface area (Å²) >= 11 is 0. The van der Waals surface area contributed by atoms with Crippen LogP contribution in [0.4, 0.5) is 10.1 Å². The van der Waals surface area contributed by atoms with Gasteiger partial charge in [0.1, 0.15) is 5.82 Å². The fraction of sp³-hybridized carbons (Fsp3) is 0.556. The third kappa shape index (κ3) is 6.80. The second-order valence-corrected chi connectivity index (χ2v) is 6.25. The minimum absolute atomic E-state index is 0.00470. The molecule has 0 spiro atoms. The van der Waals surface area contributed by atoms with Crippen LogP contribution in [0.5, 0.6) is 0 Å². The molecule has 2 amide bonds. The van der Waals surface area contributed by atoms with Crippen molar-refractivity contribution in [2.24, 2.45) is 5.92 Å². The van der Waals surface area contributed by atoms with Crippen molar-refractivity contribution < 1.29 is 18.7 Å². The quantitative estimate of drug-likeness (QED) is 0.699. The summed E-state index contributed by atoms with van der Waals surface area (Å²) in [5.74, 6) is -0.465. The Morgan fingerprint density at radius 1 is 1.32 bits per heavy atom. The lowest BCUT2D eigenvalue weighted by atomic mass is 9.96. The van der Waals surface area contributed by atoms with Crippen molar-refractivity contribution >= 4 is 17.5 Å². The van der Waals surface area contributed by atoms with Crippen LogP contribution in [0, 0.1) is 11.7 Å². The van der Waals surface area contributed by atoms with Crippen LogP contribution in [0.2, 0.25) is 0 Å². The van der Waals surface area contributed by atoms with Gasteiger partial charge in [0, 0.05) is 31.9 Å². The summed E-state index contributed by atoms with van der Waals surface area (Å²) in [7, 11) is 1.64. The molecule has 138 valence electrons. The van der Waals surface area contributed by atoms with Gasteiger partial charge >= 0.3 is 0 Å². The van der Waals surface area contributed by atoms with Gasteiger partial charge in [-0.2, -0.15) is 0 Å². The molecule has 0 radical (unpaired) electrons. The Morgan fingerprint density at radius 2 is 2.08 bits per heavy atom. The van der Waals surface area contributed by atoms with Crippen molar-refractivity contribution in [3.05, 3.63) is 30.1 Å². The first kappa shape index (κ1) is 19.3. The predicted molar refractivity (Wildman–Crippen MR) is 93.7 cm³/mol. The molecule has 0 aliphatic carbocycles. The molecule has 1 aromatic rings. The molecule has 25 heavy (non-hydrogen) atoms. The number of amides is 2. The van der Waals surface area contributed by atoms with E-state index >= 15 is 0 Å². The van der Waals surface area contributed by atoms with Crippen LogP contribution in [0.1, 0.15) is 19.3 Å². The molecule has 0 unspecified atom stereocenters. The maximum atomic E-state index is 13.1. The molecule has 0 saturated carbocycles. The molecular weight excluding hydrogens is 325 g/mol. The molecule has 0 bridgehead atoms. The molecule has 0 atom stereocenters. The molecule has 0 aromatic heterocycles. The van der Waals surface area contributed by atoms with Crippen LogP contribution >= 0.6 is 0 Å². The third-order valence-corrected chi connectivity index (χ3v) is 4.26. The van der Waals surface area contributed by atoms with E-state index in [9.17, 15) is 14.0 Å². The van der Waals surface area contributed by atoms with Crippen LogP contribution in [0.3, 0.4) is 0 Å². The number of carbonyl (C=O) groups is 2. The number of piperidine rings is 1. The van der Waals surface area contributed by atoms with E-state index in [2.05, 4.69) is 10.6 Å². The number of hydrogen-bond acceptors (Lipinski definition) is 4. The van der Waals surface area contributed by atoms with E-state index in [0.717, 1.165) is 19.3 Å². The molecule has 1 aliphatic heterocycles. The average molecular weight is 351 g/mol. The van der Waals surface area contributed by atoms with Crippen molar-refractivity contribution in [2.75, 3.05) is 45.2 Å². The summed E-state index contributed by atoms with van der Waals surface area (Å²) in [4.78, 5) is 26.1. The summed E-state index contributed by atoms with van der Waals surface area (Å²) in [6, 6.07) is 5.83. The van der Waals surface area contributed by atoms with Gasteiger partial charge in [0.15, 0.2) is 0 Å². The van der Waals surface area contributed by atoms with Crippen LogP contribution in [-0.4, -0.2) is 56.6 Å². The summed E-state index contributed by atoms with van der Waals surface area (Å²) < 4.78 is 18.1. The Balaban J connectivity index is 1.67. The van der Waals surface area contributed by atoms with Gasteiger partial charge in [0.25, 0.3) is 0 Å². The SMILES string of the molecule is COCCCNC(=O)C1CCN(CC(=O)Nc2cccc(F)c2)CC1. The zero-order valence-corrected chi connectivity index (χ0v) is 14.6. The minimum atomic E-state index is -0.380. The van der Waals surface area contributed by atoms with E-state index in [-0.39, 0.29) is 30.1 Å². The minimum Gasteiger partial charge on any atom is -0.385 e. The van der Waals surface area contributed by atoms with Crippen LogP contribution in [0.25, 0.3) is 0 Å². The van der Waals surface area contributed by atoms with Gasteiger partial charge in [0.05, 0.1) is 6.54 Å². The van der Waals surface area contributed by atoms with E-state index in [1.54, 1.807) is 19.2 Å². The molecule has 1 fully saturated rings. The largest absolute Gasteiger partial charge is 0.385 e. The number of methoxy groups -OCH3 is 1. The highest BCUT2D eigenvalue weighted by molar-refractivity contribution is 5.92. The van der Waals surface area contributed by atoms with E-state index < -0.39 is 0 Å². The first-order chi connectivity index (χ1) is 12.1. The Morgan fingerprint density at radius 3 is 2.76 bits per heavy atom. The number of ether oxygens (including phenoxy) is 1. The molecule has 1 aromatic carbocycles. The van der Waals surface area contributed by atoms with E-state index in [1.807, 2.05) is 4.90 Å². The van der Waals surface area contributed by atoms with Gasteiger partial charge in [-0.1, -0.05) is 6.07 Å². The highest BCUT2D eigenvalue weighted by Crippen LogP contribution is 2.17. The third-order valence-electron chi connectivity index (χ3n) is 4.26. The number of nitrogens with one attached hydrogen (secondary N) is 2. The molecule has 2 rings (SSSR count). The smallest absolute Gasteiger partial charge is 0.238 e. The number of rotatable bonds is 8. The van der Waals surface area contributed by atoms with Crippen LogP contribution in [-0.2, 0) is 14.3 Å². The Bertz CT molecular complexity index is 574. The number of likely N-dealkylation sites (tertiary alicyclic amines) is 1. The number of nitrogens with zero attached hydrogens (tertiary/aromatic N) is 1. The molecule has 7 heteroatoms. The first-order valence-electron chi connectivity index (χ1n) is 8.63. The summed E-state index contributed by atoms with van der Waals surface area (Å²) in [5, 5.41) is 5.62. The standard InChI is InChI=1S/C18H26FN3O3/c1-25-11-3-8-20-18(24)14-6-9-22(10-7-14)13-17(23)21-16-5-2-4-15(19)12-16/h2,4-5,12,14H,3,6-11,13H2,1H3,(H,20,24)(H,21,23). The van der Waals surface area contributed by atoms with Gasteiger partial charge in [-0.25, -0.2) is 4.39 Å². The van der Waals surface area contributed by atoms with Gasteiger partial charge in [-0.05, 0) is 50.6 Å². The Kier molecular flexibility index (Phi) is 7.81. The number of anilines is 1. The summed E-state index contributed by atoms with van der Waals surface area (Å²) in [5.41, 5.74) is 0.454. The number of hydrogen-bond donors (Lipinski definition) is 2. The number of halogens is 1. The maximum Gasteiger partial charge on any atom is 0.238 e. The lowest BCUT2D eigenvalue weighted by molar-refractivity contribution is -0.126. The lowest BCUT2D eigenvalue weighted by Crippen LogP contribution is -2.43. The van der Waals surface area contributed by atoms with E-state index in [4.69, 9.17) is 4.74 Å². The lowest BCUT2D eigenvalue weighted by Gasteiger charge is -2.30. The van der Waals surface area contributed by atoms with E-state index in [1.165, 1.54) is 12.1 Å². The zero-order valence-electron chi connectivity index (χ0n) is 14.6. The van der Waals surface area contributed by atoms with Crippen LogP contribution in [0.15, 0.2) is 24.3 Å². The molecule has 1 saturated heterocycles. The monoisotopic (exact) mass is 351 g/mol. The molecule has 1 aliphatic rings. The van der Waals surface area contributed by atoms with Crippen molar-refractivity contribution in [1.82, 2.24) is 10.2 Å². The predicted octanol–water partition coefficient (Wildman–Crippen LogP) is 1.63.